The van der Waals surface area contributed by atoms with Crippen LogP contribution in [0.1, 0.15) is 18.1 Å². The van der Waals surface area contributed by atoms with E-state index in [1.165, 1.54) is 0 Å². The number of nitriles is 1. The van der Waals surface area contributed by atoms with Gasteiger partial charge in [0.15, 0.2) is 6.61 Å². The standard InChI is InChI=1S/C22H19N3O3/c1-2-27-21-12-11-16-7-3-5-9-18(16)19(21)14-24-25-22(26)15-28-20-10-6-4-8-17(20)13-23/h3-12,14H,2,15H2,1H3,(H,25,26)/b24-14-. The van der Waals surface area contributed by atoms with Gasteiger partial charge >= 0.3 is 0 Å². The Hall–Kier alpha value is -3.85. The van der Waals surface area contributed by atoms with Crippen molar-refractivity contribution in [3.05, 3.63) is 71.8 Å². The lowest BCUT2D eigenvalue weighted by molar-refractivity contribution is -0.123. The molecule has 6 heteroatoms. The molecule has 0 aliphatic rings. The molecular weight excluding hydrogens is 354 g/mol. The number of rotatable bonds is 7. The van der Waals surface area contributed by atoms with E-state index < -0.39 is 5.91 Å². The van der Waals surface area contributed by atoms with Gasteiger partial charge in [0, 0.05) is 5.56 Å². The summed E-state index contributed by atoms with van der Waals surface area (Å²) in [5, 5.41) is 15.1. The highest BCUT2D eigenvalue weighted by atomic mass is 16.5. The van der Waals surface area contributed by atoms with E-state index >= 15 is 0 Å². The minimum absolute atomic E-state index is 0.246. The Morgan fingerprint density at radius 3 is 2.68 bits per heavy atom. The molecule has 3 aromatic carbocycles. The molecule has 0 heterocycles. The van der Waals surface area contributed by atoms with E-state index in [1.807, 2.05) is 49.4 Å². The molecule has 0 atom stereocenters. The van der Waals surface area contributed by atoms with Gasteiger partial charge in [0.05, 0.1) is 18.4 Å². The van der Waals surface area contributed by atoms with Gasteiger partial charge in [0.25, 0.3) is 5.91 Å². The zero-order valence-corrected chi connectivity index (χ0v) is 15.4. The zero-order chi connectivity index (χ0) is 19.8. The molecule has 3 rings (SSSR count). The predicted octanol–water partition coefficient (Wildman–Crippen LogP) is 3.64. The lowest BCUT2D eigenvalue weighted by Crippen LogP contribution is -2.24. The highest BCUT2D eigenvalue weighted by Crippen LogP contribution is 2.26. The zero-order valence-electron chi connectivity index (χ0n) is 15.4. The molecule has 1 N–H and O–H groups in total. The Morgan fingerprint density at radius 1 is 1.07 bits per heavy atom. The van der Waals surface area contributed by atoms with E-state index in [1.54, 1.807) is 30.5 Å². The molecule has 6 nitrogen and oxygen atoms in total. The van der Waals surface area contributed by atoms with E-state index in [4.69, 9.17) is 14.7 Å². The van der Waals surface area contributed by atoms with Gasteiger partial charge in [-0.25, -0.2) is 5.43 Å². The molecule has 0 unspecified atom stereocenters. The molecule has 0 saturated carbocycles. The maximum absolute atomic E-state index is 12.0. The molecule has 140 valence electrons. The van der Waals surface area contributed by atoms with Crippen LogP contribution in [0.25, 0.3) is 10.8 Å². The number of ether oxygens (including phenoxy) is 2. The fraction of sp³-hybridized carbons (Fsp3) is 0.136. The summed E-state index contributed by atoms with van der Waals surface area (Å²) in [6.45, 7) is 2.19. The van der Waals surface area contributed by atoms with Crippen molar-refractivity contribution >= 4 is 22.9 Å². The quantitative estimate of drug-likeness (QED) is 0.506. The van der Waals surface area contributed by atoms with Crippen LogP contribution in [0.15, 0.2) is 65.8 Å². The summed E-state index contributed by atoms with van der Waals surface area (Å²) in [5.74, 6) is 0.623. The summed E-state index contributed by atoms with van der Waals surface area (Å²) in [6, 6.07) is 20.5. The highest BCUT2D eigenvalue weighted by molar-refractivity contribution is 6.02. The summed E-state index contributed by atoms with van der Waals surface area (Å²) >= 11 is 0. The fourth-order valence-corrected chi connectivity index (χ4v) is 2.72. The van der Waals surface area contributed by atoms with Crippen molar-refractivity contribution in [2.24, 2.45) is 5.10 Å². The van der Waals surface area contributed by atoms with Crippen molar-refractivity contribution in [1.82, 2.24) is 5.43 Å². The fourth-order valence-electron chi connectivity index (χ4n) is 2.72. The third kappa shape index (κ3) is 4.46. The Balaban J connectivity index is 1.69. The van der Waals surface area contributed by atoms with E-state index in [9.17, 15) is 4.79 Å². The summed E-state index contributed by atoms with van der Waals surface area (Å²) in [6.07, 6.45) is 1.56. The van der Waals surface area contributed by atoms with Crippen LogP contribution in [0, 0.1) is 11.3 Å². The van der Waals surface area contributed by atoms with Crippen LogP contribution in [0.3, 0.4) is 0 Å². The normalized spacial score (nSPS) is 10.6. The summed E-state index contributed by atoms with van der Waals surface area (Å²) in [5.41, 5.74) is 3.60. The largest absolute Gasteiger partial charge is 0.493 e. The molecule has 0 saturated heterocycles. The highest BCUT2D eigenvalue weighted by Gasteiger charge is 2.08. The monoisotopic (exact) mass is 373 g/mol. The van der Waals surface area contributed by atoms with Gasteiger partial charge in [-0.3, -0.25) is 4.79 Å². The minimum Gasteiger partial charge on any atom is -0.493 e. The SMILES string of the molecule is CCOc1ccc2ccccc2c1/C=N\NC(=O)COc1ccccc1C#N. The van der Waals surface area contributed by atoms with Gasteiger partial charge in [-0.2, -0.15) is 10.4 Å². The van der Waals surface area contributed by atoms with Crippen LogP contribution >= 0.6 is 0 Å². The number of hydrogen-bond donors (Lipinski definition) is 1. The Labute approximate surface area is 163 Å². The van der Waals surface area contributed by atoms with Gasteiger partial charge in [0.2, 0.25) is 0 Å². The van der Waals surface area contributed by atoms with Crippen LogP contribution < -0.4 is 14.9 Å². The first kappa shape index (κ1) is 18.9. The van der Waals surface area contributed by atoms with Gasteiger partial charge in [0.1, 0.15) is 17.6 Å². The van der Waals surface area contributed by atoms with E-state index in [0.717, 1.165) is 16.3 Å². The van der Waals surface area contributed by atoms with Crippen LogP contribution in [0.2, 0.25) is 0 Å². The lowest BCUT2D eigenvalue weighted by atomic mass is 10.0. The molecule has 0 radical (unpaired) electrons. The Bertz CT molecular complexity index is 1050. The molecule has 0 spiro atoms. The number of fused-ring (bicyclic) bond motifs is 1. The Kier molecular flexibility index (Phi) is 6.21. The average molecular weight is 373 g/mol. The first-order valence-electron chi connectivity index (χ1n) is 8.81. The number of nitrogens with one attached hydrogen (secondary N) is 1. The Morgan fingerprint density at radius 2 is 1.86 bits per heavy atom. The molecule has 0 fully saturated rings. The van der Waals surface area contributed by atoms with Crippen LogP contribution in [0.4, 0.5) is 0 Å². The van der Waals surface area contributed by atoms with E-state index in [2.05, 4.69) is 10.5 Å². The first-order valence-corrected chi connectivity index (χ1v) is 8.81. The molecule has 28 heavy (non-hydrogen) atoms. The number of amides is 1. The van der Waals surface area contributed by atoms with Crippen LogP contribution in [0.5, 0.6) is 11.5 Å². The third-order valence-electron chi connectivity index (χ3n) is 3.98. The molecule has 0 aromatic heterocycles. The lowest BCUT2D eigenvalue weighted by Gasteiger charge is -2.10. The summed E-state index contributed by atoms with van der Waals surface area (Å²) < 4.78 is 11.1. The van der Waals surface area contributed by atoms with Crippen LogP contribution in [-0.2, 0) is 4.79 Å². The minimum atomic E-state index is -0.429. The van der Waals surface area contributed by atoms with E-state index in [-0.39, 0.29) is 6.61 Å². The van der Waals surface area contributed by atoms with Gasteiger partial charge < -0.3 is 9.47 Å². The van der Waals surface area contributed by atoms with Crippen LogP contribution in [-0.4, -0.2) is 25.3 Å². The second kappa shape index (κ2) is 9.19. The van der Waals surface area contributed by atoms with Crippen molar-refractivity contribution in [3.8, 4) is 17.6 Å². The molecular formula is C22H19N3O3. The molecule has 0 bridgehead atoms. The van der Waals surface area contributed by atoms with Crippen molar-refractivity contribution in [1.29, 1.82) is 5.26 Å². The number of para-hydroxylation sites is 1. The number of nitrogens with zero attached hydrogens (tertiary/aromatic N) is 2. The van der Waals surface area contributed by atoms with Gasteiger partial charge in [-0.15, -0.1) is 0 Å². The number of benzene rings is 3. The molecule has 3 aromatic rings. The summed E-state index contributed by atoms with van der Waals surface area (Å²) in [4.78, 5) is 12.0. The number of carbonyl (C=O) groups excluding carboxylic acids is 1. The van der Waals surface area contributed by atoms with Crippen molar-refractivity contribution < 1.29 is 14.3 Å². The maximum Gasteiger partial charge on any atom is 0.277 e. The first-order chi connectivity index (χ1) is 13.7. The molecule has 1 amide bonds. The second-order valence-electron chi connectivity index (χ2n) is 5.82. The topological polar surface area (TPSA) is 83.7 Å². The predicted molar refractivity (Wildman–Crippen MR) is 108 cm³/mol. The maximum atomic E-state index is 12.0. The average Bonchev–Trinajstić information content (AvgIpc) is 2.73. The number of carbonyl (C=O) groups is 1. The summed E-state index contributed by atoms with van der Waals surface area (Å²) in [7, 11) is 0. The molecule has 0 aliphatic carbocycles. The number of hydrazone groups is 1. The van der Waals surface area contributed by atoms with Gasteiger partial charge in [-0.05, 0) is 35.9 Å². The number of hydrogen-bond acceptors (Lipinski definition) is 5. The van der Waals surface area contributed by atoms with Gasteiger partial charge in [-0.1, -0.05) is 42.5 Å². The second-order valence-corrected chi connectivity index (χ2v) is 5.82. The van der Waals surface area contributed by atoms with Crippen molar-refractivity contribution in [3.63, 3.8) is 0 Å². The smallest absolute Gasteiger partial charge is 0.277 e. The van der Waals surface area contributed by atoms with E-state index in [0.29, 0.717) is 23.7 Å². The van der Waals surface area contributed by atoms with Crippen molar-refractivity contribution in [2.75, 3.05) is 13.2 Å². The molecule has 0 aliphatic heterocycles. The van der Waals surface area contributed by atoms with Crippen molar-refractivity contribution in [2.45, 2.75) is 6.92 Å². The third-order valence-corrected chi connectivity index (χ3v) is 3.98.